The predicted octanol–water partition coefficient (Wildman–Crippen LogP) is 1.52. The zero-order valence-electron chi connectivity index (χ0n) is 8.75. The van der Waals surface area contributed by atoms with E-state index in [2.05, 4.69) is 26.2 Å². The van der Waals surface area contributed by atoms with Gasteiger partial charge < -0.3 is 15.4 Å². The predicted molar refractivity (Wildman–Crippen MR) is 61.7 cm³/mol. The molecule has 0 aliphatic heterocycles. The zero-order valence-corrected chi connectivity index (χ0v) is 10.3. The Hall–Kier alpha value is -0.810. The van der Waals surface area contributed by atoms with Crippen molar-refractivity contribution in [1.82, 2.24) is 10.3 Å². The third kappa shape index (κ3) is 3.68. The van der Waals surface area contributed by atoms with Crippen LogP contribution in [0.5, 0.6) is 0 Å². The molecule has 1 unspecified atom stereocenters. The van der Waals surface area contributed by atoms with Gasteiger partial charge in [0, 0.05) is 17.2 Å². The van der Waals surface area contributed by atoms with Crippen LogP contribution in [0.4, 0.5) is 0 Å². The van der Waals surface area contributed by atoms with Gasteiger partial charge >= 0.3 is 0 Å². The van der Waals surface area contributed by atoms with Gasteiger partial charge in [-0.05, 0) is 27.9 Å². The van der Waals surface area contributed by atoms with Crippen LogP contribution in [0.1, 0.15) is 24.3 Å². The molecule has 3 N–H and O–H groups in total. The molecule has 0 aromatic carbocycles. The summed E-state index contributed by atoms with van der Waals surface area (Å²) < 4.78 is 0.831. The standard InChI is InChI=1S/C10H15BrN2O2/c1-6(2)9(14)5-13-10(15)8-3-7(11)4-12-8/h3-4,6,9,12,14H,5H2,1-2H3,(H,13,15). The molecule has 1 rings (SSSR count). The minimum Gasteiger partial charge on any atom is -0.391 e. The van der Waals surface area contributed by atoms with Gasteiger partial charge in [-0.1, -0.05) is 13.8 Å². The monoisotopic (exact) mass is 274 g/mol. The molecule has 1 aromatic rings. The van der Waals surface area contributed by atoms with E-state index in [-0.39, 0.29) is 18.4 Å². The van der Waals surface area contributed by atoms with E-state index in [0.717, 1.165) is 4.47 Å². The number of halogens is 1. The number of hydrogen-bond acceptors (Lipinski definition) is 2. The molecule has 1 atom stereocenters. The zero-order chi connectivity index (χ0) is 11.4. The first-order chi connectivity index (χ1) is 7.00. The Labute approximate surface area is 97.2 Å². The van der Waals surface area contributed by atoms with Gasteiger partial charge in [0.1, 0.15) is 5.69 Å². The van der Waals surface area contributed by atoms with Gasteiger partial charge in [0.05, 0.1) is 6.10 Å². The van der Waals surface area contributed by atoms with Gasteiger partial charge in [-0.25, -0.2) is 0 Å². The second kappa shape index (κ2) is 5.32. The van der Waals surface area contributed by atoms with Crippen LogP contribution < -0.4 is 5.32 Å². The van der Waals surface area contributed by atoms with Gasteiger partial charge in [0.15, 0.2) is 0 Å². The highest BCUT2D eigenvalue weighted by atomic mass is 79.9. The van der Waals surface area contributed by atoms with Gasteiger partial charge in [0.2, 0.25) is 0 Å². The third-order valence-electron chi connectivity index (χ3n) is 2.13. The number of nitrogens with one attached hydrogen (secondary N) is 2. The summed E-state index contributed by atoms with van der Waals surface area (Å²) in [6.07, 6.45) is 1.18. The van der Waals surface area contributed by atoms with E-state index in [0.29, 0.717) is 5.69 Å². The third-order valence-corrected chi connectivity index (χ3v) is 2.59. The van der Waals surface area contributed by atoms with Gasteiger partial charge in [-0.3, -0.25) is 4.79 Å². The first-order valence-corrected chi connectivity index (χ1v) is 5.60. The number of carbonyl (C=O) groups is 1. The summed E-state index contributed by atoms with van der Waals surface area (Å²) in [5.74, 6) is -0.0684. The number of hydrogen-bond donors (Lipinski definition) is 3. The summed E-state index contributed by atoms with van der Waals surface area (Å²) in [7, 11) is 0. The maximum Gasteiger partial charge on any atom is 0.267 e. The molecule has 4 nitrogen and oxygen atoms in total. The Balaban J connectivity index is 2.43. The Morgan fingerprint density at radius 3 is 2.80 bits per heavy atom. The second-order valence-electron chi connectivity index (χ2n) is 3.75. The average molecular weight is 275 g/mol. The van der Waals surface area contributed by atoms with Crippen molar-refractivity contribution in [2.75, 3.05) is 6.54 Å². The van der Waals surface area contributed by atoms with Crippen molar-refractivity contribution >= 4 is 21.8 Å². The lowest BCUT2D eigenvalue weighted by Gasteiger charge is -2.14. The quantitative estimate of drug-likeness (QED) is 0.780. The molecular formula is C10H15BrN2O2. The molecule has 0 fully saturated rings. The normalized spacial score (nSPS) is 12.9. The van der Waals surface area contributed by atoms with Crippen LogP contribution >= 0.6 is 15.9 Å². The fraction of sp³-hybridized carbons (Fsp3) is 0.500. The maximum atomic E-state index is 11.5. The number of aromatic nitrogens is 1. The lowest BCUT2D eigenvalue weighted by molar-refractivity contribution is 0.0867. The van der Waals surface area contributed by atoms with E-state index >= 15 is 0 Å². The van der Waals surface area contributed by atoms with Crippen LogP contribution in [0.2, 0.25) is 0 Å². The second-order valence-corrected chi connectivity index (χ2v) is 4.67. The molecule has 0 saturated heterocycles. The van der Waals surface area contributed by atoms with E-state index < -0.39 is 6.10 Å². The number of H-pyrrole nitrogens is 1. The fourth-order valence-corrected chi connectivity index (χ4v) is 1.37. The number of aromatic amines is 1. The summed E-state index contributed by atoms with van der Waals surface area (Å²) >= 11 is 3.24. The number of rotatable bonds is 4. The molecular weight excluding hydrogens is 260 g/mol. The van der Waals surface area contributed by atoms with E-state index in [1.54, 1.807) is 12.3 Å². The molecule has 0 saturated carbocycles. The Morgan fingerprint density at radius 1 is 1.67 bits per heavy atom. The van der Waals surface area contributed by atoms with Crippen LogP contribution in [0, 0.1) is 5.92 Å². The van der Waals surface area contributed by atoms with Crippen molar-refractivity contribution in [2.45, 2.75) is 20.0 Å². The molecule has 15 heavy (non-hydrogen) atoms. The number of aliphatic hydroxyl groups is 1. The van der Waals surface area contributed by atoms with Crippen LogP contribution in [-0.2, 0) is 0 Å². The molecule has 1 amide bonds. The van der Waals surface area contributed by atoms with E-state index in [4.69, 9.17) is 0 Å². The summed E-state index contributed by atoms with van der Waals surface area (Å²) in [6.45, 7) is 4.08. The van der Waals surface area contributed by atoms with Crippen molar-refractivity contribution in [3.63, 3.8) is 0 Å². The number of carbonyl (C=O) groups excluding carboxylic acids is 1. The van der Waals surface area contributed by atoms with Crippen molar-refractivity contribution in [1.29, 1.82) is 0 Å². The van der Waals surface area contributed by atoms with Crippen molar-refractivity contribution < 1.29 is 9.90 Å². The maximum absolute atomic E-state index is 11.5. The Kier molecular flexibility index (Phi) is 4.35. The molecule has 1 aromatic heterocycles. The van der Waals surface area contributed by atoms with Gasteiger partial charge in [-0.2, -0.15) is 0 Å². The van der Waals surface area contributed by atoms with Gasteiger partial charge in [0.25, 0.3) is 5.91 Å². The first-order valence-electron chi connectivity index (χ1n) is 4.81. The average Bonchev–Trinajstić information content (AvgIpc) is 2.60. The van der Waals surface area contributed by atoms with Crippen LogP contribution in [0.3, 0.4) is 0 Å². The molecule has 0 radical (unpaired) electrons. The van der Waals surface area contributed by atoms with Crippen molar-refractivity contribution in [2.24, 2.45) is 5.92 Å². The first kappa shape index (κ1) is 12.3. The Bertz CT molecular complexity index is 336. The smallest absolute Gasteiger partial charge is 0.267 e. The van der Waals surface area contributed by atoms with E-state index in [1.165, 1.54) is 0 Å². The molecule has 5 heteroatoms. The molecule has 0 aliphatic carbocycles. The summed E-state index contributed by atoms with van der Waals surface area (Å²) in [4.78, 5) is 14.3. The van der Waals surface area contributed by atoms with Crippen LogP contribution in [-0.4, -0.2) is 28.6 Å². The number of amides is 1. The largest absolute Gasteiger partial charge is 0.391 e. The minimum absolute atomic E-state index is 0.140. The summed E-state index contributed by atoms with van der Waals surface area (Å²) in [5, 5.41) is 12.1. The number of aliphatic hydroxyl groups excluding tert-OH is 1. The van der Waals surface area contributed by atoms with E-state index in [9.17, 15) is 9.90 Å². The lowest BCUT2D eigenvalue weighted by Crippen LogP contribution is -2.34. The molecule has 0 aliphatic rings. The van der Waals surface area contributed by atoms with E-state index in [1.807, 2.05) is 13.8 Å². The topological polar surface area (TPSA) is 65.1 Å². The molecule has 84 valence electrons. The summed E-state index contributed by atoms with van der Waals surface area (Å²) in [6, 6.07) is 1.69. The molecule has 0 bridgehead atoms. The molecule has 0 spiro atoms. The van der Waals surface area contributed by atoms with Crippen LogP contribution in [0.25, 0.3) is 0 Å². The lowest BCUT2D eigenvalue weighted by atomic mass is 10.1. The molecule has 1 heterocycles. The van der Waals surface area contributed by atoms with Crippen molar-refractivity contribution in [3.8, 4) is 0 Å². The highest BCUT2D eigenvalue weighted by Gasteiger charge is 2.12. The minimum atomic E-state index is -0.507. The Morgan fingerprint density at radius 2 is 2.33 bits per heavy atom. The van der Waals surface area contributed by atoms with Gasteiger partial charge in [-0.15, -0.1) is 0 Å². The van der Waals surface area contributed by atoms with Crippen molar-refractivity contribution in [3.05, 3.63) is 22.4 Å². The van der Waals surface area contributed by atoms with Crippen LogP contribution in [0.15, 0.2) is 16.7 Å². The highest BCUT2D eigenvalue weighted by Crippen LogP contribution is 2.10. The fourth-order valence-electron chi connectivity index (χ4n) is 1.03. The highest BCUT2D eigenvalue weighted by molar-refractivity contribution is 9.10. The SMILES string of the molecule is CC(C)C(O)CNC(=O)c1cc(Br)c[nH]1. The summed E-state index contributed by atoms with van der Waals surface area (Å²) in [5.41, 5.74) is 0.484.